The number of aryl methyl sites for hydroxylation is 1. The predicted octanol–water partition coefficient (Wildman–Crippen LogP) is 1.53. The molecule has 92 valence electrons. The Labute approximate surface area is 96.6 Å². The normalized spacial score (nSPS) is 13.3. The lowest BCUT2D eigenvalue weighted by molar-refractivity contribution is 0.172. The first kappa shape index (κ1) is 13.1. The van der Waals surface area contributed by atoms with Crippen LogP contribution in [0.4, 0.5) is 0 Å². The molecular formula is C11H21N3O2. The number of nitrogens with one attached hydrogen (secondary N) is 1. The molecule has 0 fully saturated rings. The lowest BCUT2D eigenvalue weighted by Crippen LogP contribution is -2.34. The number of ether oxygens (including phenoxy) is 1. The van der Waals surface area contributed by atoms with Crippen molar-refractivity contribution < 1.29 is 9.26 Å². The second-order valence-electron chi connectivity index (χ2n) is 4.25. The minimum atomic E-state index is 0.409. The van der Waals surface area contributed by atoms with E-state index in [0.717, 1.165) is 13.0 Å². The van der Waals surface area contributed by atoms with Crippen molar-refractivity contribution in [3.8, 4) is 0 Å². The molecule has 1 rings (SSSR count). The van der Waals surface area contributed by atoms with Crippen molar-refractivity contribution >= 4 is 0 Å². The minimum Gasteiger partial charge on any atom is -0.385 e. The summed E-state index contributed by atoms with van der Waals surface area (Å²) in [5.41, 5.74) is 0. The van der Waals surface area contributed by atoms with Crippen LogP contribution in [0.3, 0.4) is 0 Å². The van der Waals surface area contributed by atoms with Gasteiger partial charge in [-0.2, -0.15) is 4.98 Å². The van der Waals surface area contributed by atoms with Gasteiger partial charge in [-0.25, -0.2) is 0 Å². The summed E-state index contributed by atoms with van der Waals surface area (Å²) in [4.78, 5) is 4.15. The third-order valence-corrected chi connectivity index (χ3v) is 2.52. The second kappa shape index (κ2) is 6.60. The van der Waals surface area contributed by atoms with Crippen molar-refractivity contribution in [3.63, 3.8) is 0 Å². The molecule has 0 aliphatic heterocycles. The first-order valence-corrected chi connectivity index (χ1v) is 5.65. The van der Waals surface area contributed by atoms with E-state index in [1.54, 1.807) is 7.11 Å². The van der Waals surface area contributed by atoms with Gasteiger partial charge in [0.15, 0.2) is 5.82 Å². The summed E-state index contributed by atoms with van der Waals surface area (Å²) in [6.45, 7) is 7.57. The number of rotatable bonds is 7. The molecule has 0 spiro atoms. The Morgan fingerprint density at radius 3 is 2.69 bits per heavy atom. The van der Waals surface area contributed by atoms with Gasteiger partial charge in [0.25, 0.3) is 0 Å². The Kier molecular flexibility index (Phi) is 5.42. The molecule has 1 N–H and O–H groups in total. The standard InChI is InChI=1S/C11H21N3O2/c1-8(2)10(5-6-15-4)12-7-11-13-9(3)14-16-11/h8,10,12H,5-7H2,1-4H3. The molecular weight excluding hydrogens is 206 g/mol. The predicted molar refractivity (Wildman–Crippen MR) is 61.0 cm³/mol. The Bertz CT molecular complexity index is 299. The van der Waals surface area contributed by atoms with Crippen molar-refractivity contribution in [2.75, 3.05) is 13.7 Å². The Morgan fingerprint density at radius 1 is 1.44 bits per heavy atom. The molecule has 1 aromatic heterocycles. The molecule has 0 saturated heterocycles. The van der Waals surface area contributed by atoms with E-state index in [1.165, 1.54) is 0 Å². The highest BCUT2D eigenvalue weighted by Gasteiger charge is 2.13. The van der Waals surface area contributed by atoms with Crippen LogP contribution in [-0.4, -0.2) is 29.9 Å². The van der Waals surface area contributed by atoms with Gasteiger partial charge in [-0.05, 0) is 19.3 Å². The lowest BCUT2D eigenvalue weighted by atomic mass is 10.0. The van der Waals surface area contributed by atoms with Gasteiger partial charge in [-0.15, -0.1) is 0 Å². The summed E-state index contributed by atoms with van der Waals surface area (Å²) in [5, 5.41) is 7.16. The number of hydrogen-bond acceptors (Lipinski definition) is 5. The van der Waals surface area contributed by atoms with Crippen LogP contribution in [0.2, 0.25) is 0 Å². The molecule has 0 aliphatic carbocycles. The smallest absolute Gasteiger partial charge is 0.240 e. The zero-order chi connectivity index (χ0) is 12.0. The lowest BCUT2D eigenvalue weighted by Gasteiger charge is -2.21. The molecule has 0 radical (unpaired) electrons. The Morgan fingerprint density at radius 2 is 2.19 bits per heavy atom. The van der Waals surface area contributed by atoms with Crippen LogP contribution in [0.15, 0.2) is 4.52 Å². The average Bonchev–Trinajstić information content (AvgIpc) is 2.64. The van der Waals surface area contributed by atoms with Crippen molar-refractivity contribution in [2.45, 2.75) is 39.8 Å². The molecule has 16 heavy (non-hydrogen) atoms. The Hall–Kier alpha value is -0.940. The van der Waals surface area contributed by atoms with E-state index in [9.17, 15) is 0 Å². The van der Waals surface area contributed by atoms with Crippen molar-refractivity contribution in [3.05, 3.63) is 11.7 Å². The van der Waals surface area contributed by atoms with Crippen LogP contribution in [0, 0.1) is 12.8 Å². The van der Waals surface area contributed by atoms with Gasteiger partial charge >= 0.3 is 0 Å². The van der Waals surface area contributed by atoms with Crippen LogP contribution in [0.1, 0.15) is 32.0 Å². The van der Waals surface area contributed by atoms with E-state index < -0.39 is 0 Å². The highest BCUT2D eigenvalue weighted by molar-refractivity contribution is 4.83. The average molecular weight is 227 g/mol. The zero-order valence-electron chi connectivity index (χ0n) is 10.5. The fourth-order valence-corrected chi connectivity index (χ4v) is 1.55. The van der Waals surface area contributed by atoms with Gasteiger partial charge in [-0.1, -0.05) is 19.0 Å². The van der Waals surface area contributed by atoms with E-state index >= 15 is 0 Å². The zero-order valence-corrected chi connectivity index (χ0v) is 10.5. The largest absolute Gasteiger partial charge is 0.385 e. The first-order valence-electron chi connectivity index (χ1n) is 5.65. The topological polar surface area (TPSA) is 60.2 Å². The van der Waals surface area contributed by atoms with Crippen LogP contribution < -0.4 is 5.32 Å². The number of aromatic nitrogens is 2. The number of methoxy groups -OCH3 is 1. The molecule has 0 bridgehead atoms. The van der Waals surface area contributed by atoms with Gasteiger partial charge in [0, 0.05) is 19.8 Å². The van der Waals surface area contributed by atoms with E-state index in [2.05, 4.69) is 29.3 Å². The summed E-state index contributed by atoms with van der Waals surface area (Å²) in [6.07, 6.45) is 0.987. The number of nitrogens with zero attached hydrogens (tertiary/aromatic N) is 2. The minimum absolute atomic E-state index is 0.409. The van der Waals surface area contributed by atoms with E-state index in [-0.39, 0.29) is 0 Å². The molecule has 0 saturated carbocycles. The molecule has 1 aromatic rings. The van der Waals surface area contributed by atoms with E-state index in [4.69, 9.17) is 9.26 Å². The Balaban J connectivity index is 2.37. The van der Waals surface area contributed by atoms with Gasteiger partial charge < -0.3 is 14.6 Å². The maximum absolute atomic E-state index is 5.09. The van der Waals surface area contributed by atoms with Gasteiger partial charge in [0.1, 0.15) is 0 Å². The van der Waals surface area contributed by atoms with Gasteiger partial charge in [-0.3, -0.25) is 0 Å². The summed E-state index contributed by atoms with van der Waals surface area (Å²) in [7, 11) is 1.72. The summed E-state index contributed by atoms with van der Waals surface area (Å²) >= 11 is 0. The fraction of sp³-hybridized carbons (Fsp3) is 0.818. The molecule has 1 unspecified atom stereocenters. The molecule has 0 amide bonds. The summed E-state index contributed by atoms with van der Waals surface area (Å²) in [6, 6.07) is 0.409. The van der Waals surface area contributed by atoms with Crippen molar-refractivity contribution in [1.29, 1.82) is 0 Å². The molecule has 1 heterocycles. The van der Waals surface area contributed by atoms with Crippen LogP contribution in [-0.2, 0) is 11.3 Å². The van der Waals surface area contributed by atoms with Gasteiger partial charge in [0.2, 0.25) is 5.89 Å². The molecule has 1 atom stereocenters. The first-order chi connectivity index (χ1) is 7.63. The molecule has 0 aliphatic rings. The second-order valence-corrected chi connectivity index (χ2v) is 4.25. The van der Waals surface area contributed by atoms with Crippen LogP contribution in [0.25, 0.3) is 0 Å². The molecule has 5 heteroatoms. The summed E-state index contributed by atoms with van der Waals surface area (Å²) < 4.78 is 10.1. The SMILES string of the molecule is COCCC(NCc1nc(C)no1)C(C)C. The quantitative estimate of drug-likeness (QED) is 0.765. The fourth-order valence-electron chi connectivity index (χ4n) is 1.55. The van der Waals surface area contributed by atoms with E-state index in [0.29, 0.717) is 30.2 Å². The number of hydrogen-bond donors (Lipinski definition) is 1. The van der Waals surface area contributed by atoms with Crippen molar-refractivity contribution in [2.24, 2.45) is 5.92 Å². The maximum atomic E-state index is 5.09. The monoisotopic (exact) mass is 227 g/mol. The highest BCUT2D eigenvalue weighted by Crippen LogP contribution is 2.07. The third kappa shape index (κ3) is 4.28. The third-order valence-electron chi connectivity index (χ3n) is 2.52. The van der Waals surface area contributed by atoms with Gasteiger partial charge in [0.05, 0.1) is 6.54 Å². The maximum Gasteiger partial charge on any atom is 0.240 e. The summed E-state index contributed by atoms with van der Waals surface area (Å²) in [5.74, 6) is 1.87. The molecule has 5 nitrogen and oxygen atoms in total. The van der Waals surface area contributed by atoms with E-state index in [1.807, 2.05) is 6.92 Å². The van der Waals surface area contributed by atoms with Crippen LogP contribution >= 0.6 is 0 Å². The highest BCUT2D eigenvalue weighted by atomic mass is 16.5. The molecule has 0 aromatic carbocycles. The van der Waals surface area contributed by atoms with Crippen molar-refractivity contribution in [1.82, 2.24) is 15.5 Å². The van der Waals surface area contributed by atoms with Crippen LogP contribution in [0.5, 0.6) is 0 Å².